The average Bonchev–Trinajstić information content (AvgIpc) is 3.39. The maximum absolute atomic E-state index is 14.1. The van der Waals surface area contributed by atoms with Crippen molar-refractivity contribution in [3.8, 4) is 0 Å². The van der Waals surface area contributed by atoms with Crippen LogP contribution in [0.15, 0.2) is 24.3 Å². The monoisotopic (exact) mass is 389 g/mol. The van der Waals surface area contributed by atoms with Crippen LogP contribution in [0.2, 0.25) is 0 Å². The fourth-order valence-electron chi connectivity index (χ4n) is 4.47. The predicted molar refractivity (Wildman–Crippen MR) is 104 cm³/mol. The van der Waals surface area contributed by atoms with Gasteiger partial charge in [0.25, 0.3) is 0 Å². The van der Waals surface area contributed by atoms with E-state index in [2.05, 4.69) is 27.3 Å². The van der Waals surface area contributed by atoms with Gasteiger partial charge in [-0.1, -0.05) is 25.5 Å². The highest BCUT2D eigenvalue weighted by molar-refractivity contribution is 5.47. The van der Waals surface area contributed by atoms with Crippen LogP contribution in [0.25, 0.3) is 0 Å². The van der Waals surface area contributed by atoms with Gasteiger partial charge in [-0.3, -0.25) is 0 Å². The molecular formula is C20H30FN6O+. The Kier molecular flexibility index (Phi) is 6.17. The number of nitrogens with one attached hydrogen (secondary N) is 1. The number of piperazine rings is 1. The Bertz CT molecular complexity index is 755. The molecule has 0 bridgehead atoms. The van der Waals surface area contributed by atoms with Gasteiger partial charge in [-0.2, -0.15) is 0 Å². The molecule has 1 aromatic heterocycles. The summed E-state index contributed by atoms with van der Waals surface area (Å²) in [4.78, 5) is 3.63. The molecule has 0 aliphatic carbocycles. The first-order chi connectivity index (χ1) is 13.8. The number of aromatic nitrogens is 4. The number of ether oxygens (including phenoxy) is 1. The summed E-state index contributed by atoms with van der Waals surface area (Å²) in [6.07, 6.45) is 4.53. The molecule has 0 radical (unpaired) electrons. The first kappa shape index (κ1) is 19.3. The third-order valence-corrected chi connectivity index (χ3v) is 5.94. The SMILES string of the molecule is CCC[C@@H](c1nnnn1C[C@@H]1CCCO1)[NH+]1CCN(c2ccccc2F)CC1. The minimum absolute atomic E-state index is 0.142. The number of anilines is 1. The Morgan fingerprint density at radius 2 is 2.11 bits per heavy atom. The highest BCUT2D eigenvalue weighted by atomic mass is 19.1. The van der Waals surface area contributed by atoms with Crippen LogP contribution in [0.5, 0.6) is 0 Å². The number of para-hydroxylation sites is 1. The Morgan fingerprint density at radius 3 is 2.82 bits per heavy atom. The third kappa shape index (κ3) is 4.17. The van der Waals surface area contributed by atoms with Crippen molar-refractivity contribution in [3.05, 3.63) is 35.9 Å². The first-order valence-corrected chi connectivity index (χ1v) is 10.5. The lowest BCUT2D eigenvalue weighted by molar-refractivity contribution is -0.933. The fraction of sp³-hybridized carbons (Fsp3) is 0.650. The minimum Gasteiger partial charge on any atom is -0.376 e. The van der Waals surface area contributed by atoms with Crippen molar-refractivity contribution in [2.75, 3.05) is 37.7 Å². The summed E-state index contributed by atoms with van der Waals surface area (Å²) in [5, 5.41) is 12.6. The Balaban J connectivity index is 1.44. The van der Waals surface area contributed by atoms with E-state index in [1.165, 1.54) is 11.0 Å². The van der Waals surface area contributed by atoms with Gasteiger partial charge in [0.05, 0.1) is 44.5 Å². The normalized spacial score (nSPS) is 21.9. The van der Waals surface area contributed by atoms with E-state index in [0.717, 1.165) is 70.8 Å². The Hall–Kier alpha value is -2.06. The lowest BCUT2D eigenvalue weighted by atomic mass is 10.1. The van der Waals surface area contributed by atoms with Crippen molar-refractivity contribution in [2.24, 2.45) is 0 Å². The molecule has 8 heteroatoms. The quantitative estimate of drug-likeness (QED) is 0.772. The zero-order valence-electron chi connectivity index (χ0n) is 16.6. The lowest BCUT2D eigenvalue weighted by Gasteiger charge is -2.37. The van der Waals surface area contributed by atoms with Gasteiger partial charge in [0, 0.05) is 13.0 Å². The van der Waals surface area contributed by atoms with Gasteiger partial charge in [0.1, 0.15) is 11.9 Å². The number of benzene rings is 1. The Morgan fingerprint density at radius 1 is 1.29 bits per heavy atom. The second kappa shape index (κ2) is 8.96. The van der Waals surface area contributed by atoms with Crippen molar-refractivity contribution in [1.29, 1.82) is 0 Å². The van der Waals surface area contributed by atoms with Crippen molar-refractivity contribution < 1.29 is 14.0 Å². The molecule has 1 N–H and O–H groups in total. The summed E-state index contributed by atoms with van der Waals surface area (Å²) in [6, 6.07) is 7.31. The first-order valence-electron chi connectivity index (χ1n) is 10.5. The molecule has 28 heavy (non-hydrogen) atoms. The van der Waals surface area contributed by atoms with Gasteiger partial charge in [0.2, 0.25) is 5.82 Å². The maximum Gasteiger partial charge on any atom is 0.209 e. The van der Waals surface area contributed by atoms with Crippen molar-refractivity contribution in [1.82, 2.24) is 20.2 Å². The molecule has 0 amide bonds. The predicted octanol–water partition coefficient (Wildman–Crippen LogP) is 1.24. The third-order valence-electron chi connectivity index (χ3n) is 5.94. The summed E-state index contributed by atoms with van der Waals surface area (Å²) in [7, 11) is 0. The summed E-state index contributed by atoms with van der Waals surface area (Å²) >= 11 is 0. The molecular weight excluding hydrogens is 359 g/mol. The largest absolute Gasteiger partial charge is 0.376 e. The molecule has 3 heterocycles. The van der Waals surface area contributed by atoms with Crippen molar-refractivity contribution in [2.45, 2.75) is 51.3 Å². The molecule has 1 aromatic carbocycles. The minimum atomic E-state index is -0.142. The summed E-state index contributed by atoms with van der Waals surface area (Å²) in [6.45, 7) is 7.35. The van der Waals surface area contributed by atoms with E-state index >= 15 is 0 Å². The molecule has 2 atom stereocenters. The number of hydrogen-bond acceptors (Lipinski definition) is 5. The van der Waals surface area contributed by atoms with E-state index < -0.39 is 0 Å². The van der Waals surface area contributed by atoms with Gasteiger partial charge < -0.3 is 14.5 Å². The van der Waals surface area contributed by atoms with Crippen LogP contribution in [0, 0.1) is 5.82 Å². The van der Waals surface area contributed by atoms with Crippen molar-refractivity contribution in [3.63, 3.8) is 0 Å². The summed E-state index contributed by atoms with van der Waals surface area (Å²) < 4.78 is 21.9. The number of rotatable bonds is 7. The van der Waals surface area contributed by atoms with E-state index in [9.17, 15) is 4.39 Å². The van der Waals surface area contributed by atoms with Crippen LogP contribution < -0.4 is 9.80 Å². The number of hydrogen-bond donors (Lipinski definition) is 1. The van der Waals surface area contributed by atoms with Crippen molar-refractivity contribution >= 4 is 5.69 Å². The smallest absolute Gasteiger partial charge is 0.209 e. The number of nitrogens with zero attached hydrogens (tertiary/aromatic N) is 5. The number of tetrazole rings is 1. The molecule has 2 fully saturated rings. The summed E-state index contributed by atoms with van der Waals surface area (Å²) in [5.74, 6) is 0.822. The highest BCUT2D eigenvalue weighted by Gasteiger charge is 2.33. The van der Waals surface area contributed by atoms with Crippen LogP contribution >= 0.6 is 0 Å². The topological polar surface area (TPSA) is 60.5 Å². The molecule has 4 rings (SSSR count). The lowest BCUT2D eigenvalue weighted by Crippen LogP contribution is -3.15. The number of halogens is 1. The van der Waals surface area contributed by atoms with Gasteiger partial charge in [-0.25, -0.2) is 9.07 Å². The van der Waals surface area contributed by atoms with Crippen LogP contribution in [0.3, 0.4) is 0 Å². The van der Waals surface area contributed by atoms with Gasteiger partial charge in [-0.05, 0) is 35.4 Å². The molecule has 2 aromatic rings. The zero-order valence-corrected chi connectivity index (χ0v) is 16.6. The standard InChI is InChI=1S/C20H29FN6O/c1-2-6-19(20-22-23-24-27(20)15-16-7-5-14-28-16)26-12-10-25(11-13-26)18-9-4-3-8-17(18)21/h3-4,8-9,16,19H,2,5-7,10-15H2,1H3/p+1/t16-,19-/m0/s1. The molecule has 0 saturated carbocycles. The van der Waals surface area contributed by atoms with Gasteiger partial charge in [-0.15, -0.1) is 5.10 Å². The second-order valence-electron chi connectivity index (χ2n) is 7.79. The van der Waals surface area contributed by atoms with Crippen LogP contribution in [-0.4, -0.2) is 59.1 Å². The molecule has 2 saturated heterocycles. The van der Waals surface area contributed by atoms with Gasteiger partial charge in [0.15, 0.2) is 0 Å². The molecule has 0 unspecified atom stereocenters. The molecule has 7 nitrogen and oxygen atoms in total. The number of quaternary nitrogens is 1. The Labute approximate surface area is 165 Å². The molecule has 2 aliphatic heterocycles. The van der Waals surface area contributed by atoms with Gasteiger partial charge >= 0.3 is 0 Å². The molecule has 2 aliphatic rings. The highest BCUT2D eigenvalue weighted by Crippen LogP contribution is 2.20. The summed E-state index contributed by atoms with van der Waals surface area (Å²) in [5.41, 5.74) is 0.705. The molecule has 0 spiro atoms. The fourth-order valence-corrected chi connectivity index (χ4v) is 4.47. The van der Waals surface area contributed by atoms with E-state index in [1.54, 1.807) is 6.07 Å². The van der Waals surface area contributed by atoms with Crippen LogP contribution in [0.4, 0.5) is 10.1 Å². The second-order valence-corrected chi connectivity index (χ2v) is 7.79. The molecule has 152 valence electrons. The van der Waals surface area contributed by atoms with Crippen LogP contribution in [-0.2, 0) is 11.3 Å². The average molecular weight is 389 g/mol. The van der Waals surface area contributed by atoms with E-state index in [1.807, 2.05) is 16.8 Å². The van der Waals surface area contributed by atoms with E-state index in [-0.39, 0.29) is 18.0 Å². The van der Waals surface area contributed by atoms with Crippen LogP contribution in [0.1, 0.15) is 44.5 Å². The zero-order chi connectivity index (χ0) is 19.3. The maximum atomic E-state index is 14.1. The van der Waals surface area contributed by atoms with E-state index in [0.29, 0.717) is 5.69 Å². The van der Waals surface area contributed by atoms with E-state index in [4.69, 9.17) is 4.74 Å².